The SMILES string of the molecule is CCCNCCOc1cc(C(C)(C)C)cc(C(C)(C)C)c1. The lowest BCUT2D eigenvalue weighted by Crippen LogP contribution is -2.22. The summed E-state index contributed by atoms with van der Waals surface area (Å²) in [4.78, 5) is 0. The highest BCUT2D eigenvalue weighted by molar-refractivity contribution is 5.40. The zero-order valence-corrected chi connectivity index (χ0v) is 15.0. The average Bonchev–Trinajstić information content (AvgIpc) is 2.36. The second kappa shape index (κ2) is 7.31. The maximum atomic E-state index is 5.96. The van der Waals surface area contributed by atoms with Crippen molar-refractivity contribution in [2.24, 2.45) is 0 Å². The molecule has 0 spiro atoms. The molecule has 1 N–H and O–H groups in total. The van der Waals surface area contributed by atoms with Crippen molar-refractivity contribution in [3.8, 4) is 5.75 Å². The summed E-state index contributed by atoms with van der Waals surface area (Å²) in [5, 5.41) is 3.37. The Balaban J connectivity index is 2.88. The lowest BCUT2D eigenvalue weighted by molar-refractivity contribution is 0.312. The number of benzene rings is 1. The summed E-state index contributed by atoms with van der Waals surface area (Å²) in [5.74, 6) is 0.991. The second-order valence-corrected chi connectivity index (χ2v) is 7.84. The van der Waals surface area contributed by atoms with E-state index < -0.39 is 0 Å². The van der Waals surface area contributed by atoms with Crippen molar-refractivity contribution in [2.45, 2.75) is 65.7 Å². The first-order valence-corrected chi connectivity index (χ1v) is 8.14. The van der Waals surface area contributed by atoms with E-state index in [0.717, 1.165) is 31.9 Å². The molecule has 0 saturated heterocycles. The Morgan fingerprint density at radius 1 is 0.857 bits per heavy atom. The van der Waals surface area contributed by atoms with Gasteiger partial charge in [-0.15, -0.1) is 0 Å². The van der Waals surface area contributed by atoms with Crippen LogP contribution in [0.1, 0.15) is 66.0 Å². The Hall–Kier alpha value is -1.02. The van der Waals surface area contributed by atoms with Gasteiger partial charge in [-0.1, -0.05) is 54.5 Å². The van der Waals surface area contributed by atoms with E-state index in [-0.39, 0.29) is 10.8 Å². The molecule has 0 aromatic heterocycles. The van der Waals surface area contributed by atoms with Crippen molar-refractivity contribution in [3.63, 3.8) is 0 Å². The van der Waals surface area contributed by atoms with Gasteiger partial charge in [-0.05, 0) is 47.1 Å². The minimum absolute atomic E-state index is 0.139. The van der Waals surface area contributed by atoms with Gasteiger partial charge >= 0.3 is 0 Å². The van der Waals surface area contributed by atoms with Crippen LogP contribution in [-0.4, -0.2) is 19.7 Å². The molecular weight excluding hydrogens is 258 g/mol. The van der Waals surface area contributed by atoms with Crippen LogP contribution in [0.25, 0.3) is 0 Å². The molecule has 0 amide bonds. The summed E-state index contributed by atoms with van der Waals surface area (Å²) in [6.45, 7) is 18.4. The molecule has 21 heavy (non-hydrogen) atoms. The topological polar surface area (TPSA) is 21.3 Å². The van der Waals surface area contributed by atoms with Gasteiger partial charge in [0, 0.05) is 6.54 Å². The third-order valence-electron chi connectivity index (χ3n) is 3.61. The molecule has 0 unspecified atom stereocenters. The van der Waals surface area contributed by atoms with Gasteiger partial charge in [0.15, 0.2) is 0 Å². The van der Waals surface area contributed by atoms with E-state index in [9.17, 15) is 0 Å². The summed E-state index contributed by atoms with van der Waals surface area (Å²) in [7, 11) is 0. The van der Waals surface area contributed by atoms with Crippen LogP contribution >= 0.6 is 0 Å². The molecule has 1 aromatic carbocycles. The van der Waals surface area contributed by atoms with Gasteiger partial charge in [0.05, 0.1) is 0 Å². The fourth-order valence-electron chi connectivity index (χ4n) is 2.09. The minimum atomic E-state index is 0.139. The first-order chi connectivity index (χ1) is 9.64. The summed E-state index contributed by atoms with van der Waals surface area (Å²) < 4.78 is 5.96. The third-order valence-corrected chi connectivity index (χ3v) is 3.61. The van der Waals surface area contributed by atoms with Crippen LogP contribution in [0, 0.1) is 0 Å². The maximum absolute atomic E-state index is 5.96. The van der Waals surface area contributed by atoms with Crippen molar-refractivity contribution in [3.05, 3.63) is 29.3 Å². The molecule has 0 aliphatic carbocycles. The Kier molecular flexibility index (Phi) is 6.27. The molecule has 0 aliphatic rings. The normalized spacial score (nSPS) is 12.5. The molecule has 2 nitrogen and oxygen atoms in total. The van der Waals surface area contributed by atoms with Gasteiger partial charge in [-0.3, -0.25) is 0 Å². The first kappa shape index (κ1) is 18.0. The highest BCUT2D eigenvalue weighted by Gasteiger charge is 2.20. The summed E-state index contributed by atoms with van der Waals surface area (Å²) >= 11 is 0. The molecule has 0 bridgehead atoms. The van der Waals surface area contributed by atoms with Crippen LogP contribution < -0.4 is 10.1 Å². The molecule has 0 atom stereocenters. The molecule has 1 rings (SSSR count). The summed E-state index contributed by atoms with van der Waals surface area (Å²) in [5.41, 5.74) is 2.96. The largest absolute Gasteiger partial charge is 0.492 e. The summed E-state index contributed by atoms with van der Waals surface area (Å²) in [6.07, 6.45) is 1.16. The monoisotopic (exact) mass is 291 g/mol. The smallest absolute Gasteiger partial charge is 0.119 e. The van der Waals surface area contributed by atoms with Crippen LogP contribution in [-0.2, 0) is 10.8 Å². The van der Waals surface area contributed by atoms with Gasteiger partial charge in [0.2, 0.25) is 0 Å². The molecule has 1 aromatic rings. The molecule has 120 valence electrons. The lowest BCUT2D eigenvalue weighted by atomic mass is 9.80. The Morgan fingerprint density at radius 2 is 1.38 bits per heavy atom. The predicted molar refractivity (Wildman–Crippen MR) is 92.5 cm³/mol. The van der Waals surface area contributed by atoms with Crippen molar-refractivity contribution in [1.82, 2.24) is 5.32 Å². The number of hydrogen-bond acceptors (Lipinski definition) is 2. The zero-order chi connectivity index (χ0) is 16.1. The maximum Gasteiger partial charge on any atom is 0.119 e. The Morgan fingerprint density at radius 3 is 1.81 bits per heavy atom. The number of nitrogens with one attached hydrogen (secondary N) is 1. The quantitative estimate of drug-likeness (QED) is 0.770. The van der Waals surface area contributed by atoms with Crippen LogP contribution in [0.3, 0.4) is 0 Å². The highest BCUT2D eigenvalue weighted by atomic mass is 16.5. The predicted octanol–water partition coefficient (Wildman–Crippen LogP) is 4.66. The van der Waals surface area contributed by atoms with Crippen molar-refractivity contribution >= 4 is 0 Å². The zero-order valence-electron chi connectivity index (χ0n) is 15.0. The van der Waals surface area contributed by atoms with E-state index in [2.05, 4.69) is 72.0 Å². The van der Waals surface area contributed by atoms with Crippen molar-refractivity contribution in [2.75, 3.05) is 19.7 Å². The van der Waals surface area contributed by atoms with Gasteiger partial charge in [0.25, 0.3) is 0 Å². The molecule has 0 aliphatic heterocycles. The van der Waals surface area contributed by atoms with Gasteiger partial charge in [-0.2, -0.15) is 0 Å². The molecule has 0 saturated carbocycles. The Bertz CT molecular complexity index is 406. The van der Waals surface area contributed by atoms with Gasteiger partial charge < -0.3 is 10.1 Å². The third kappa shape index (κ3) is 6.09. The molecular formula is C19H33NO. The van der Waals surface area contributed by atoms with E-state index >= 15 is 0 Å². The molecule has 2 heteroatoms. The van der Waals surface area contributed by atoms with E-state index in [1.807, 2.05) is 0 Å². The minimum Gasteiger partial charge on any atom is -0.492 e. The van der Waals surface area contributed by atoms with Crippen molar-refractivity contribution in [1.29, 1.82) is 0 Å². The standard InChI is InChI=1S/C19H33NO/c1-8-9-20-10-11-21-17-13-15(18(2,3)4)12-16(14-17)19(5,6)7/h12-14,20H,8-11H2,1-7H3. The van der Waals surface area contributed by atoms with E-state index in [1.54, 1.807) is 0 Å². The fraction of sp³-hybridized carbons (Fsp3) is 0.684. The number of ether oxygens (including phenoxy) is 1. The van der Waals surface area contributed by atoms with E-state index in [0.29, 0.717) is 0 Å². The van der Waals surface area contributed by atoms with Crippen LogP contribution in [0.2, 0.25) is 0 Å². The highest BCUT2D eigenvalue weighted by Crippen LogP contribution is 2.32. The molecule has 0 heterocycles. The Labute approximate surface area is 131 Å². The van der Waals surface area contributed by atoms with Crippen LogP contribution in [0.4, 0.5) is 0 Å². The van der Waals surface area contributed by atoms with Gasteiger partial charge in [0.1, 0.15) is 12.4 Å². The summed E-state index contributed by atoms with van der Waals surface area (Å²) in [6, 6.07) is 6.70. The van der Waals surface area contributed by atoms with E-state index in [1.165, 1.54) is 11.1 Å². The van der Waals surface area contributed by atoms with Crippen LogP contribution in [0.15, 0.2) is 18.2 Å². The second-order valence-electron chi connectivity index (χ2n) is 7.84. The molecule has 0 radical (unpaired) electrons. The van der Waals surface area contributed by atoms with Crippen molar-refractivity contribution < 1.29 is 4.74 Å². The lowest BCUT2D eigenvalue weighted by Gasteiger charge is -2.26. The van der Waals surface area contributed by atoms with Gasteiger partial charge in [-0.25, -0.2) is 0 Å². The average molecular weight is 291 g/mol. The molecule has 0 fully saturated rings. The first-order valence-electron chi connectivity index (χ1n) is 8.14. The fourth-order valence-corrected chi connectivity index (χ4v) is 2.09. The number of hydrogen-bond donors (Lipinski definition) is 1. The van der Waals surface area contributed by atoms with E-state index in [4.69, 9.17) is 4.74 Å². The van der Waals surface area contributed by atoms with Crippen LogP contribution in [0.5, 0.6) is 5.75 Å². The number of rotatable bonds is 6.